The zero-order valence-electron chi connectivity index (χ0n) is 15.2. The normalized spacial score (nSPS) is 15.1. The summed E-state index contributed by atoms with van der Waals surface area (Å²) in [5.41, 5.74) is 4.18. The molecule has 1 heterocycles. The summed E-state index contributed by atoms with van der Waals surface area (Å²) in [5.74, 6) is 0.108. The first-order valence-corrected chi connectivity index (χ1v) is 9.48. The van der Waals surface area contributed by atoms with Crippen molar-refractivity contribution in [2.45, 2.75) is 45.1 Å². The van der Waals surface area contributed by atoms with Crippen LogP contribution in [0.5, 0.6) is 0 Å². The molecule has 4 rings (SSSR count). The molecule has 3 heteroatoms. The summed E-state index contributed by atoms with van der Waals surface area (Å²) < 4.78 is 0. The third-order valence-corrected chi connectivity index (χ3v) is 5.37. The Morgan fingerprint density at radius 3 is 2.46 bits per heavy atom. The van der Waals surface area contributed by atoms with E-state index in [-0.39, 0.29) is 11.9 Å². The summed E-state index contributed by atoms with van der Waals surface area (Å²) >= 11 is 0. The number of amides is 1. The molecule has 0 bridgehead atoms. The maximum atomic E-state index is 12.5. The van der Waals surface area contributed by atoms with E-state index in [0.717, 1.165) is 35.0 Å². The molecule has 0 radical (unpaired) electrons. The van der Waals surface area contributed by atoms with E-state index < -0.39 is 0 Å². The molecule has 26 heavy (non-hydrogen) atoms. The lowest BCUT2D eigenvalue weighted by atomic mass is 9.93. The molecule has 1 aromatic heterocycles. The molecule has 1 amide bonds. The Morgan fingerprint density at radius 1 is 0.962 bits per heavy atom. The number of carbonyl (C=O) groups excluding carboxylic acids is 1. The predicted molar refractivity (Wildman–Crippen MR) is 107 cm³/mol. The second-order valence-corrected chi connectivity index (χ2v) is 7.08. The zero-order valence-corrected chi connectivity index (χ0v) is 15.2. The van der Waals surface area contributed by atoms with E-state index in [1.54, 1.807) is 6.92 Å². The van der Waals surface area contributed by atoms with Crippen molar-refractivity contribution in [3.8, 4) is 11.1 Å². The van der Waals surface area contributed by atoms with Gasteiger partial charge in [-0.1, -0.05) is 61.7 Å². The number of hydrogen-bond acceptors (Lipinski definition) is 2. The van der Waals surface area contributed by atoms with Crippen LogP contribution in [-0.2, 0) is 4.79 Å². The molecule has 3 aromatic rings. The second-order valence-electron chi connectivity index (χ2n) is 7.08. The molecule has 1 aliphatic carbocycles. The quantitative estimate of drug-likeness (QED) is 0.621. The minimum atomic E-state index is 0.108. The highest BCUT2D eigenvalue weighted by Gasteiger charge is 2.26. The first-order chi connectivity index (χ1) is 12.8. The van der Waals surface area contributed by atoms with Gasteiger partial charge in [-0.25, -0.2) is 0 Å². The van der Waals surface area contributed by atoms with Crippen molar-refractivity contribution < 1.29 is 4.79 Å². The maximum Gasteiger partial charge on any atom is 0.224 e. The number of rotatable bonds is 3. The molecule has 132 valence electrons. The Hall–Kier alpha value is -2.68. The van der Waals surface area contributed by atoms with Crippen LogP contribution in [0.15, 0.2) is 60.8 Å². The number of carbonyl (C=O) groups is 1. The van der Waals surface area contributed by atoms with Crippen LogP contribution >= 0.6 is 0 Å². The van der Waals surface area contributed by atoms with Crippen molar-refractivity contribution in [1.82, 2.24) is 4.98 Å². The smallest absolute Gasteiger partial charge is 0.224 e. The summed E-state index contributed by atoms with van der Waals surface area (Å²) in [6.45, 7) is 1.68. The van der Waals surface area contributed by atoms with E-state index in [1.165, 1.54) is 24.8 Å². The van der Waals surface area contributed by atoms with Crippen molar-refractivity contribution >= 4 is 22.5 Å². The number of benzene rings is 2. The van der Waals surface area contributed by atoms with Crippen molar-refractivity contribution in [2.24, 2.45) is 0 Å². The largest absolute Gasteiger partial charge is 0.307 e. The Morgan fingerprint density at radius 2 is 1.73 bits per heavy atom. The topological polar surface area (TPSA) is 33.2 Å². The van der Waals surface area contributed by atoms with Crippen molar-refractivity contribution in [3.63, 3.8) is 0 Å². The lowest BCUT2D eigenvalue weighted by Gasteiger charge is -2.34. The second kappa shape index (κ2) is 7.28. The Kier molecular flexibility index (Phi) is 4.70. The van der Waals surface area contributed by atoms with Gasteiger partial charge in [-0.15, -0.1) is 0 Å². The summed E-state index contributed by atoms with van der Waals surface area (Å²) in [5, 5.41) is 1.10. The molecule has 1 aliphatic rings. The average molecular weight is 344 g/mol. The minimum absolute atomic E-state index is 0.108. The number of anilines is 1. The van der Waals surface area contributed by atoms with Gasteiger partial charge in [0.15, 0.2) is 0 Å². The Labute approximate surface area is 154 Å². The average Bonchev–Trinajstić information content (AvgIpc) is 2.69. The molecule has 0 aliphatic heterocycles. The number of aromatic nitrogens is 1. The van der Waals surface area contributed by atoms with Crippen LogP contribution in [0, 0.1) is 0 Å². The third kappa shape index (κ3) is 3.10. The Balaban J connectivity index is 1.87. The van der Waals surface area contributed by atoms with Crippen LogP contribution < -0.4 is 4.90 Å². The molecule has 1 fully saturated rings. The molecule has 0 spiro atoms. The maximum absolute atomic E-state index is 12.5. The predicted octanol–water partition coefficient (Wildman–Crippen LogP) is 5.59. The summed E-state index contributed by atoms with van der Waals surface area (Å²) in [7, 11) is 0. The number of hydrogen-bond donors (Lipinski definition) is 0. The lowest BCUT2D eigenvalue weighted by Crippen LogP contribution is -2.40. The highest BCUT2D eigenvalue weighted by Crippen LogP contribution is 2.36. The molecule has 3 nitrogen and oxygen atoms in total. The zero-order chi connectivity index (χ0) is 17.9. The van der Waals surface area contributed by atoms with Crippen molar-refractivity contribution in [3.05, 3.63) is 60.8 Å². The third-order valence-electron chi connectivity index (χ3n) is 5.37. The SMILES string of the molecule is CC(=O)N(c1ccc(-c2ccccc2)c2cccnc12)C1CCCCC1. The van der Waals surface area contributed by atoms with Crippen LogP contribution in [-0.4, -0.2) is 16.9 Å². The van der Waals surface area contributed by atoms with Gasteiger partial charge in [-0.05, 0) is 36.1 Å². The number of pyridine rings is 1. The fourth-order valence-corrected chi connectivity index (χ4v) is 4.18. The first kappa shape index (κ1) is 16.8. The van der Waals surface area contributed by atoms with Gasteiger partial charge in [0.2, 0.25) is 5.91 Å². The van der Waals surface area contributed by atoms with Crippen LogP contribution in [0.3, 0.4) is 0 Å². The summed E-state index contributed by atoms with van der Waals surface area (Å²) in [4.78, 5) is 19.2. The van der Waals surface area contributed by atoms with Crippen LogP contribution in [0.2, 0.25) is 0 Å². The standard InChI is InChI=1S/C23H24N2O/c1-17(26)25(19-11-6-3-7-12-19)22-15-14-20(18-9-4-2-5-10-18)21-13-8-16-24-23(21)22/h2,4-5,8-10,13-16,19H,3,6-7,11-12H2,1H3. The van der Waals surface area contributed by atoms with Gasteiger partial charge in [0.1, 0.15) is 0 Å². The molecule has 0 atom stereocenters. The molecule has 0 unspecified atom stereocenters. The molecular formula is C23H24N2O. The summed E-state index contributed by atoms with van der Waals surface area (Å²) in [6.07, 6.45) is 7.64. The van der Waals surface area contributed by atoms with Crippen molar-refractivity contribution in [2.75, 3.05) is 4.90 Å². The fraction of sp³-hybridized carbons (Fsp3) is 0.304. The lowest BCUT2D eigenvalue weighted by molar-refractivity contribution is -0.117. The highest BCUT2D eigenvalue weighted by molar-refractivity contribution is 6.06. The van der Waals surface area contributed by atoms with E-state index in [1.807, 2.05) is 23.2 Å². The van der Waals surface area contributed by atoms with Crippen LogP contribution in [0.1, 0.15) is 39.0 Å². The summed E-state index contributed by atoms with van der Waals surface area (Å²) in [6, 6.07) is 18.9. The van der Waals surface area contributed by atoms with E-state index in [9.17, 15) is 4.79 Å². The van der Waals surface area contributed by atoms with E-state index in [4.69, 9.17) is 0 Å². The van der Waals surface area contributed by atoms with Crippen molar-refractivity contribution in [1.29, 1.82) is 0 Å². The van der Waals surface area contributed by atoms with Gasteiger partial charge < -0.3 is 4.90 Å². The van der Waals surface area contributed by atoms with Gasteiger partial charge in [0.05, 0.1) is 11.2 Å². The fourth-order valence-electron chi connectivity index (χ4n) is 4.18. The van der Waals surface area contributed by atoms with Crippen LogP contribution in [0.25, 0.3) is 22.0 Å². The van der Waals surface area contributed by atoms with E-state index >= 15 is 0 Å². The van der Waals surface area contributed by atoms with Gasteiger partial charge in [-0.2, -0.15) is 0 Å². The molecule has 0 N–H and O–H groups in total. The van der Waals surface area contributed by atoms with Gasteiger partial charge in [-0.3, -0.25) is 9.78 Å². The molecular weight excluding hydrogens is 320 g/mol. The van der Waals surface area contributed by atoms with Gasteiger partial charge in [0.25, 0.3) is 0 Å². The Bertz CT molecular complexity index is 914. The molecule has 0 saturated heterocycles. The number of fused-ring (bicyclic) bond motifs is 1. The minimum Gasteiger partial charge on any atom is -0.307 e. The monoisotopic (exact) mass is 344 g/mol. The molecule has 1 saturated carbocycles. The highest BCUT2D eigenvalue weighted by atomic mass is 16.2. The van der Waals surface area contributed by atoms with Gasteiger partial charge in [0, 0.05) is 24.5 Å². The van der Waals surface area contributed by atoms with E-state index in [0.29, 0.717) is 0 Å². The number of nitrogens with zero attached hydrogens (tertiary/aromatic N) is 2. The first-order valence-electron chi connectivity index (χ1n) is 9.48. The van der Waals surface area contributed by atoms with Gasteiger partial charge >= 0.3 is 0 Å². The van der Waals surface area contributed by atoms with Crippen LogP contribution in [0.4, 0.5) is 5.69 Å². The molecule has 2 aromatic carbocycles. The van der Waals surface area contributed by atoms with E-state index in [2.05, 4.69) is 47.4 Å².